The maximum atomic E-state index is 12.5. The zero-order valence-electron chi connectivity index (χ0n) is 29.1. The third kappa shape index (κ3) is 10.2. The van der Waals surface area contributed by atoms with E-state index in [4.69, 9.17) is 42.8 Å². The van der Waals surface area contributed by atoms with Crippen molar-refractivity contribution in [3.63, 3.8) is 0 Å². The average Bonchev–Trinajstić information content (AvgIpc) is 3.14. The van der Waals surface area contributed by atoms with Gasteiger partial charge in [0.2, 0.25) is 27.2 Å². The van der Waals surface area contributed by atoms with Gasteiger partial charge in [0.05, 0.1) is 36.9 Å². The van der Waals surface area contributed by atoms with Crippen molar-refractivity contribution in [2.45, 2.75) is 4.90 Å². The zero-order valence-corrected chi connectivity index (χ0v) is 31.5. The van der Waals surface area contributed by atoms with Crippen molar-refractivity contribution in [2.75, 3.05) is 55.5 Å². The van der Waals surface area contributed by atoms with E-state index in [-0.39, 0.29) is 55.3 Å². The lowest BCUT2D eigenvalue weighted by Gasteiger charge is -2.18. The van der Waals surface area contributed by atoms with E-state index in [0.29, 0.717) is 73.0 Å². The molecule has 17 nitrogen and oxygen atoms in total. The van der Waals surface area contributed by atoms with Crippen molar-refractivity contribution in [2.24, 2.45) is 5.14 Å². The van der Waals surface area contributed by atoms with E-state index in [1.165, 1.54) is 54.6 Å². The van der Waals surface area contributed by atoms with Crippen LogP contribution in [0.2, 0.25) is 5.28 Å². The molecule has 0 fully saturated rings. The number of phenolic OH excluding ortho intramolecular Hbond substituents is 1. The van der Waals surface area contributed by atoms with Gasteiger partial charge in [0.25, 0.3) is 0 Å². The molecule has 0 spiro atoms. The molecule has 2 aliphatic rings. The number of hydrogen-bond donors (Lipinski definition) is 7. The van der Waals surface area contributed by atoms with Crippen molar-refractivity contribution < 1.29 is 37.3 Å². The summed E-state index contributed by atoms with van der Waals surface area (Å²) in [5, 5.41) is 38.0. The predicted octanol–water partition coefficient (Wildman–Crippen LogP) is 4.63. The van der Waals surface area contributed by atoms with E-state index in [2.05, 4.69) is 36.2 Å². The summed E-state index contributed by atoms with van der Waals surface area (Å²) in [6.07, 6.45) is 0. The number of ether oxygens (including phenoxy) is 2. The zero-order chi connectivity index (χ0) is 39.8. The number of halogens is 1. The second-order valence-electron chi connectivity index (χ2n) is 11.9. The molecule has 0 radical (unpaired) electrons. The molecule has 1 aromatic heterocycles. The largest absolute Gasteiger partial charge is 0.508 e. The number of rotatable bonds is 16. The van der Waals surface area contributed by atoms with Crippen LogP contribution in [0.3, 0.4) is 0 Å². The summed E-state index contributed by atoms with van der Waals surface area (Å²) in [4.78, 5) is 36.8. The standard InChI is InChI=1S/C36H33ClN8O9S2/c37-33-43-34(45-35(44-33)41-20-1-6-24(7-2-20)56(38,50)51)39-11-13-52-15-16-53-14-12-40-36(55)42-21-3-8-25(28(17-21)32(48)49)31-26-9-4-22(46)18-29(26)54-30-19-23(47)5-10-27(30)31/h1-10,17-19,46H,11-16H2,(H,48,49)(H2,38,50,51)(H2,40,42,55)(H2,39,41,43,44,45). The summed E-state index contributed by atoms with van der Waals surface area (Å²) in [5.74, 6) is -0.622. The first-order valence-electron chi connectivity index (χ1n) is 16.7. The van der Waals surface area contributed by atoms with Gasteiger partial charge in [-0.05, 0) is 90.0 Å². The molecule has 0 saturated heterocycles. The predicted molar refractivity (Wildman–Crippen MR) is 213 cm³/mol. The molecule has 1 aliphatic heterocycles. The topological polar surface area (TPSA) is 253 Å². The second-order valence-corrected chi connectivity index (χ2v) is 14.2. The van der Waals surface area contributed by atoms with Crippen LogP contribution in [0.1, 0.15) is 10.4 Å². The number of anilines is 4. The molecule has 4 aromatic rings. The third-order valence-electron chi connectivity index (χ3n) is 7.93. The van der Waals surface area contributed by atoms with Crippen LogP contribution in [0.5, 0.6) is 5.75 Å². The molecule has 2 heterocycles. The summed E-state index contributed by atoms with van der Waals surface area (Å²) >= 11 is 11.4. The molecular formula is C36H33ClN8O9S2. The van der Waals surface area contributed by atoms with E-state index in [1.807, 2.05) is 0 Å². The minimum absolute atomic E-state index is 0.0176. The third-order valence-corrected chi connectivity index (χ3v) is 9.28. The first-order chi connectivity index (χ1) is 26.8. The number of fused-ring (bicyclic) bond motifs is 2. The van der Waals surface area contributed by atoms with Crippen LogP contribution in [0, 0.1) is 0 Å². The number of thiocarbonyl (C=S) groups is 1. The number of phenols is 1. The average molecular weight is 821 g/mol. The fraction of sp³-hybridized carbons (Fsp3) is 0.167. The van der Waals surface area contributed by atoms with Crippen LogP contribution < -0.4 is 31.8 Å². The molecule has 290 valence electrons. The van der Waals surface area contributed by atoms with Crippen LogP contribution in [-0.4, -0.2) is 84.2 Å². The Morgan fingerprint density at radius 2 is 1.55 bits per heavy atom. The summed E-state index contributed by atoms with van der Waals surface area (Å²) < 4.78 is 40.0. The molecule has 56 heavy (non-hydrogen) atoms. The molecule has 0 unspecified atom stereocenters. The van der Waals surface area contributed by atoms with Gasteiger partial charge in [-0.25, -0.2) is 18.4 Å². The molecule has 3 aromatic carbocycles. The Hall–Kier alpha value is -5.96. The molecule has 6 rings (SSSR count). The molecule has 0 bridgehead atoms. The summed E-state index contributed by atoms with van der Waals surface area (Å²) in [7, 11) is -3.82. The van der Waals surface area contributed by atoms with Crippen molar-refractivity contribution >= 4 is 79.2 Å². The van der Waals surface area contributed by atoms with E-state index < -0.39 is 16.0 Å². The Labute approximate surface area is 329 Å². The number of primary sulfonamides is 1. The Balaban J connectivity index is 0.931. The molecule has 0 amide bonds. The fourth-order valence-corrected chi connectivity index (χ4v) is 6.37. The highest BCUT2D eigenvalue weighted by Crippen LogP contribution is 2.42. The number of carbonyl (C=O) groups is 1. The number of nitrogens with zero attached hydrogens (tertiary/aromatic N) is 3. The molecule has 8 N–H and O–H groups in total. The van der Waals surface area contributed by atoms with Crippen molar-refractivity contribution in [3.05, 3.63) is 99.9 Å². The maximum absolute atomic E-state index is 12.5. The van der Waals surface area contributed by atoms with Gasteiger partial charge in [-0.1, -0.05) is 6.07 Å². The van der Waals surface area contributed by atoms with Crippen molar-refractivity contribution in [1.82, 2.24) is 20.3 Å². The minimum atomic E-state index is -3.82. The van der Waals surface area contributed by atoms with Crippen molar-refractivity contribution in [3.8, 4) is 28.2 Å². The number of hydrogen-bond acceptors (Lipinski definition) is 14. The molecule has 20 heteroatoms. The maximum Gasteiger partial charge on any atom is 0.336 e. The lowest BCUT2D eigenvalue weighted by atomic mass is 9.90. The van der Waals surface area contributed by atoms with Crippen LogP contribution in [0.15, 0.2) is 93.0 Å². The van der Waals surface area contributed by atoms with Gasteiger partial charge in [0, 0.05) is 53.1 Å². The van der Waals surface area contributed by atoms with Gasteiger partial charge in [0.1, 0.15) is 17.1 Å². The van der Waals surface area contributed by atoms with Gasteiger partial charge in [-0.2, -0.15) is 15.0 Å². The molecule has 0 atom stereocenters. The quantitative estimate of drug-likeness (QED) is 0.0399. The highest BCUT2D eigenvalue weighted by molar-refractivity contribution is 7.89. The first-order valence-corrected chi connectivity index (χ1v) is 19.0. The van der Waals surface area contributed by atoms with Gasteiger partial charge < -0.3 is 45.4 Å². The number of sulfonamides is 1. The SMILES string of the molecule is NS(=O)(=O)c1ccc(Nc2nc(Cl)nc(NCCOCCOCCNC(=S)Nc3ccc(-c4c5ccc(=O)cc-5oc5cc(O)ccc45)c(C(=O)O)c3)n2)cc1. The van der Waals surface area contributed by atoms with E-state index >= 15 is 0 Å². The number of benzene rings is 4. The van der Waals surface area contributed by atoms with Crippen LogP contribution in [0.4, 0.5) is 23.3 Å². The highest BCUT2D eigenvalue weighted by Gasteiger charge is 2.22. The number of carboxylic acid groups (broad SMARTS) is 1. The first kappa shape index (κ1) is 39.7. The van der Waals surface area contributed by atoms with Gasteiger partial charge >= 0.3 is 5.97 Å². The number of carboxylic acids is 1. The van der Waals surface area contributed by atoms with Crippen LogP contribution in [0.25, 0.3) is 33.4 Å². The number of aromatic carboxylic acids is 1. The normalized spacial score (nSPS) is 11.4. The van der Waals surface area contributed by atoms with Crippen molar-refractivity contribution in [1.29, 1.82) is 0 Å². The smallest absolute Gasteiger partial charge is 0.336 e. The Bertz CT molecular complexity index is 2540. The van der Waals surface area contributed by atoms with E-state index in [0.717, 1.165) is 0 Å². The lowest BCUT2D eigenvalue weighted by molar-refractivity contribution is 0.0538. The minimum Gasteiger partial charge on any atom is -0.508 e. The number of aromatic hydroxyl groups is 1. The Morgan fingerprint density at radius 3 is 2.29 bits per heavy atom. The molecular weight excluding hydrogens is 788 g/mol. The van der Waals surface area contributed by atoms with Crippen LogP contribution in [-0.2, 0) is 19.5 Å². The van der Waals surface area contributed by atoms with E-state index in [1.54, 1.807) is 24.3 Å². The summed E-state index contributed by atoms with van der Waals surface area (Å²) in [6, 6.07) is 19.3. The fourth-order valence-electron chi connectivity index (χ4n) is 5.48. The van der Waals surface area contributed by atoms with Crippen LogP contribution >= 0.6 is 23.8 Å². The monoisotopic (exact) mass is 820 g/mol. The number of nitrogens with one attached hydrogen (secondary N) is 4. The molecule has 0 saturated carbocycles. The number of aromatic nitrogens is 3. The Morgan fingerprint density at radius 1 is 0.857 bits per heavy atom. The van der Waals surface area contributed by atoms with Gasteiger partial charge in [-0.15, -0.1) is 0 Å². The van der Waals surface area contributed by atoms with Gasteiger partial charge in [-0.3, -0.25) is 4.79 Å². The summed E-state index contributed by atoms with van der Waals surface area (Å²) in [5.41, 5.74) is 2.40. The second kappa shape index (κ2) is 17.7. The van der Waals surface area contributed by atoms with E-state index in [9.17, 15) is 28.2 Å². The Kier molecular flexibility index (Phi) is 12.5. The summed E-state index contributed by atoms with van der Waals surface area (Å²) in [6.45, 7) is 1.97. The van der Waals surface area contributed by atoms with Gasteiger partial charge in [0.15, 0.2) is 10.5 Å². The molecule has 1 aliphatic carbocycles. The number of nitrogens with two attached hydrogens (primary N) is 1. The highest BCUT2D eigenvalue weighted by atomic mass is 35.5. The lowest BCUT2D eigenvalue weighted by Crippen LogP contribution is -2.31.